The lowest BCUT2D eigenvalue weighted by molar-refractivity contribution is -0.126. The molecule has 1 unspecified atom stereocenters. The Bertz CT molecular complexity index is 802. The van der Waals surface area contributed by atoms with Crippen LogP contribution in [0.3, 0.4) is 0 Å². The fraction of sp³-hybridized carbons (Fsp3) is 0.731. The number of hydrogen-bond donors (Lipinski definition) is 1. The summed E-state index contributed by atoms with van der Waals surface area (Å²) in [6, 6.07) is 9.70. The summed E-state index contributed by atoms with van der Waals surface area (Å²) in [5, 5.41) is 3.14. The van der Waals surface area contributed by atoms with Gasteiger partial charge >= 0.3 is 0 Å². The lowest BCUT2D eigenvalue weighted by Gasteiger charge is -2.43. The van der Waals surface area contributed by atoms with Gasteiger partial charge in [-0.1, -0.05) is 71.9 Å². The van der Waals surface area contributed by atoms with Crippen molar-refractivity contribution in [3.63, 3.8) is 0 Å². The minimum Gasteiger partial charge on any atom is -0.407 e. The number of carbonyl (C=O) groups is 1. The lowest BCUT2D eigenvalue weighted by Crippen LogP contribution is -2.56. The van der Waals surface area contributed by atoms with E-state index in [0.29, 0.717) is 13.2 Å². The summed E-state index contributed by atoms with van der Waals surface area (Å²) >= 11 is 0. The molecule has 0 spiro atoms. The minimum atomic E-state index is -2.18. The minimum absolute atomic E-state index is 0.0111. The highest BCUT2D eigenvalue weighted by atomic mass is 28.4. The van der Waals surface area contributed by atoms with Gasteiger partial charge in [0.15, 0.2) is 22.9 Å². The predicted octanol–water partition coefficient (Wildman–Crippen LogP) is 5.85. The lowest BCUT2D eigenvalue weighted by atomic mass is 10.1. The molecular formula is C26H47NO5Si2. The summed E-state index contributed by atoms with van der Waals surface area (Å²) in [6.45, 7) is 24.5. The molecule has 1 aliphatic rings. The summed E-state index contributed by atoms with van der Waals surface area (Å²) in [6.07, 6.45) is -1.32. The van der Waals surface area contributed by atoms with Crippen molar-refractivity contribution < 1.29 is 23.1 Å². The van der Waals surface area contributed by atoms with E-state index in [1.54, 1.807) is 0 Å². The second kappa shape index (κ2) is 10.9. The van der Waals surface area contributed by atoms with E-state index in [0.717, 1.165) is 5.56 Å². The van der Waals surface area contributed by atoms with E-state index in [9.17, 15) is 4.79 Å². The van der Waals surface area contributed by atoms with Gasteiger partial charge in [0.25, 0.3) is 0 Å². The fourth-order valence-electron chi connectivity index (χ4n) is 3.34. The first kappa shape index (κ1) is 29.2. The van der Waals surface area contributed by atoms with Crippen molar-refractivity contribution in [2.45, 2.75) is 116 Å². The molecule has 2 rings (SSSR count). The van der Waals surface area contributed by atoms with Crippen molar-refractivity contribution in [1.29, 1.82) is 0 Å². The van der Waals surface area contributed by atoms with Crippen LogP contribution in [0.15, 0.2) is 30.3 Å². The Morgan fingerprint density at radius 1 is 0.941 bits per heavy atom. The highest BCUT2D eigenvalue weighted by Gasteiger charge is 2.53. The van der Waals surface area contributed by atoms with E-state index in [1.165, 1.54) is 6.92 Å². The molecule has 0 aliphatic carbocycles. The molecule has 1 fully saturated rings. The summed E-state index contributed by atoms with van der Waals surface area (Å²) < 4.78 is 26.2. The number of ether oxygens (including phenoxy) is 2. The van der Waals surface area contributed by atoms with Gasteiger partial charge in [0.05, 0.1) is 19.3 Å². The third-order valence-electron chi connectivity index (χ3n) is 7.55. The monoisotopic (exact) mass is 509 g/mol. The first-order valence-electron chi connectivity index (χ1n) is 12.3. The van der Waals surface area contributed by atoms with Gasteiger partial charge in [-0.15, -0.1) is 0 Å². The van der Waals surface area contributed by atoms with E-state index in [-0.39, 0.29) is 28.1 Å². The van der Waals surface area contributed by atoms with E-state index in [4.69, 9.17) is 18.3 Å². The van der Waals surface area contributed by atoms with E-state index in [1.807, 2.05) is 30.3 Å². The van der Waals surface area contributed by atoms with Crippen molar-refractivity contribution in [3.05, 3.63) is 35.9 Å². The third kappa shape index (κ3) is 7.48. The zero-order valence-corrected chi connectivity index (χ0v) is 25.2. The standard InChI is InChI=1S/C26H47NO5Si2/c1-19(28)27-22-21(18-29-17-20-15-13-12-14-16-20)30-24(32-34(10,11)26(5,6)7)23(22)31-33(8,9)25(2,3)4/h12-16,21-24H,17-18H2,1-11H3,(H,27,28)/t21-,22+,23?,24+/m1/s1. The maximum absolute atomic E-state index is 12.2. The zero-order chi connectivity index (χ0) is 25.9. The summed E-state index contributed by atoms with van der Waals surface area (Å²) in [5.74, 6) is -0.113. The zero-order valence-electron chi connectivity index (χ0n) is 23.2. The smallest absolute Gasteiger partial charge is 0.217 e. The topological polar surface area (TPSA) is 66.0 Å². The Labute approximate surface area is 209 Å². The van der Waals surface area contributed by atoms with Crippen molar-refractivity contribution in [1.82, 2.24) is 5.32 Å². The summed E-state index contributed by atoms with van der Waals surface area (Å²) in [7, 11) is -4.34. The highest BCUT2D eigenvalue weighted by molar-refractivity contribution is 6.74. The second-order valence-corrected chi connectivity index (χ2v) is 22.0. The van der Waals surface area contributed by atoms with Gasteiger partial charge in [0.1, 0.15) is 12.2 Å². The SMILES string of the molecule is CC(=O)N[C@@H]1C(O[Si](C)(C)C(C)(C)C)[C@H](O[Si](C)(C)C(C)(C)C)O[C@@H]1COCc1ccccc1. The molecule has 6 nitrogen and oxygen atoms in total. The number of carbonyl (C=O) groups excluding carboxylic acids is 1. The van der Waals surface area contributed by atoms with Gasteiger partial charge in [-0.25, -0.2) is 0 Å². The van der Waals surface area contributed by atoms with Crippen LogP contribution in [0.25, 0.3) is 0 Å². The van der Waals surface area contributed by atoms with Crippen LogP contribution >= 0.6 is 0 Å². The molecule has 1 N–H and O–H groups in total. The van der Waals surface area contributed by atoms with Crippen molar-refractivity contribution >= 4 is 22.5 Å². The van der Waals surface area contributed by atoms with E-state index >= 15 is 0 Å². The molecule has 0 aromatic heterocycles. The molecular weight excluding hydrogens is 462 g/mol. The molecule has 1 aromatic rings. The number of rotatable bonds is 9. The largest absolute Gasteiger partial charge is 0.407 e. The average Bonchev–Trinajstić information content (AvgIpc) is 2.96. The molecule has 4 atom stereocenters. The van der Waals surface area contributed by atoms with Crippen LogP contribution in [0.4, 0.5) is 0 Å². The molecule has 0 radical (unpaired) electrons. The van der Waals surface area contributed by atoms with Crippen LogP contribution in [0.5, 0.6) is 0 Å². The van der Waals surface area contributed by atoms with Gasteiger partial charge in [0, 0.05) is 6.92 Å². The number of nitrogens with one attached hydrogen (secondary N) is 1. The molecule has 1 aromatic carbocycles. The van der Waals surface area contributed by atoms with Gasteiger partial charge < -0.3 is 23.6 Å². The molecule has 1 aliphatic heterocycles. The van der Waals surface area contributed by atoms with E-state index < -0.39 is 29.0 Å². The fourth-order valence-corrected chi connectivity index (χ4v) is 5.76. The Morgan fingerprint density at radius 2 is 1.47 bits per heavy atom. The molecule has 0 bridgehead atoms. The van der Waals surface area contributed by atoms with Crippen molar-refractivity contribution in [2.75, 3.05) is 6.61 Å². The molecule has 8 heteroatoms. The molecule has 0 saturated carbocycles. The second-order valence-electron chi connectivity index (χ2n) is 12.5. The third-order valence-corrected chi connectivity index (χ3v) is 16.5. The molecule has 194 valence electrons. The molecule has 1 saturated heterocycles. The van der Waals surface area contributed by atoms with Crippen molar-refractivity contribution in [3.8, 4) is 0 Å². The molecule has 34 heavy (non-hydrogen) atoms. The average molecular weight is 510 g/mol. The van der Waals surface area contributed by atoms with Crippen LogP contribution in [0, 0.1) is 0 Å². The number of hydrogen-bond acceptors (Lipinski definition) is 5. The Kier molecular flexibility index (Phi) is 9.38. The van der Waals surface area contributed by atoms with E-state index in [2.05, 4.69) is 73.0 Å². The molecule has 1 amide bonds. The maximum Gasteiger partial charge on any atom is 0.217 e. The number of benzene rings is 1. The van der Waals surface area contributed by atoms with Gasteiger partial charge in [0.2, 0.25) is 5.91 Å². The Morgan fingerprint density at radius 3 is 1.97 bits per heavy atom. The van der Waals surface area contributed by atoms with Crippen molar-refractivity contribution in [2.24, 2.45) is 0 Å². The van der Waals surface area contributed by atoms with Crippen LogP contribution in [0.2, 0.25) is 36.3 Å². The number of amides is 1. The van der Waals surface area contributed by atoms with Crippen LogP contribution in [-0.4, -0.2) is 53.7 Å². The Hall–Kier alpha value is -1.04. The first-order valence-corrected chi connectivity index (χ1v) is 18.2. The van der Waals surface area contributed by atoms with Crippen LogP contribution in [0.1, 0.15) is 54.0 Å². The predicted molar refractivity (Wildman–Crippen MR) is 143 cm³/mol. The normalized spacial score (nSPS) is 24.3. The van der Waals surface area contributed by atoms with Gasteiger partial charge in [-0.3, -0.25) is 4.79 Å². The van der Waals surface area contributed by atoms with Crippen LogP contribution < -0.4 is 5.32 Å². The van der Waals surface area contributed by atoms with Gasteiger partial charge in [-0.2, -0.15) is 0 Å². The van der Waals surface area contributed by atoms with Gasteiger partial charge in [-0.05, 0) is 41.8 Å². The first-order chi connectivity index (χ1) is 15.4. The van der Waals surface area contributed by atoms with Crippen LogP contribution in [-0.2, 0) is 29.7 Å². The quantitative estimate of drug-likeness (QED) is 0.423. The summed E-state index contributed by atoms with van der Waals surface area (Å²) in [4.78, 5) is 12.2. The highest BCUT2D eigenvalue weighted by Crippen LogP contribution is 2.43. The Balaban J connectivity index is 2.31. The summed E-state index contributed by atoms with van der Waals surface area (Å²) in [5.41, 5.74) is 1.10. The molecule has 1 heterocycles. The maximum atomic E-state index is 12.2.